The number of likely N-dealkylation sites (N-methyl/N-ethyl adjacent to an activating group) is 1. The van der Waals surface area contributed by atoms with E-state index in [0.29, 0.717) is 18.0 Å². The summed E-state index contributed by atoms with van der Waals surface area (Å²) in [6.07, 6.45) is 0. The number of hydrogen-bond donors (Lipinski definition) is 1. The standard InChI is InChI=1S/C24H26N2O3/c1-26(17-18-12-14-21(28-2)15-13-18)23(19-8-5-4-6-9-19)24(27)25-20-10-7-11-22(16-20)29-3/h4-16,23H,17H2,1-3H3,(H,25,27)/t23-/m1/s1. The second-order valence-corrected chi connectivity index (χ2v) is 6.80. The summed E-state index contributed by atoms with van der Waals surface area (Å²) in [6, 6.07) is 24.6. The molecule has 0 spiro atoms. The van der Waals surface area contributed by atoms with E-state index < -0.39 is 6.04 Å². The summed E-state index contributed by atoms with van der Waals surface area (Å²) < 4.78 is 10.5. The molecule has 0 saturated carbocycles. The van der Waals surface area contributed by atoms with Crippen molar-refractivity contribution < 1.29 is 14.3 Å². The third kappa shape index (κ3) is 5.36. The normalized spacial score (nSPS) is 11.7. The zero-order chi connectivity index (χ0) is 20.6. The molecule has 0 bridgehead atoms. The fourth-order valence-corrected chi connectivity index (χ4v) is 3.26. The first-order valence-corrected chi connectivity index (χ1v) is 9.43. The van der Waals surface area contributed by atoms with Gasteiger partial charge >= 0.3 is 0 Å². The third-order valence-electron chi connectivity index (χ3n) is 4.73. The van der Waals surface area contributed by atoms with Crippen LogP contribution in [0.4, 0.5) is 5.69 Å². The van der Waals surface area contributed by atoms with Crippen LogP contribution in [0.1, 0.15) is 17.2 Å². The molecule has 0 heterocycles. The Hall–Kier alpha value is -3.31. The number of ether oxygens (including phenoxy) is 2. The molecule has 150 valence electrons. The molecular weight excluding hydrogens is 364 g/mol. The van der Waals surface area contributed by atoms with Gasteiger partial charge in [-0.2, -0.15) is 0 Å². The van der Waals surface area contributed by atoms with Gasteiger partial charge in [-0.3, -0.25) is 9.69 Å². The number of benzene rings is 3. The molecule has 1 N–H and O–H groups in total. The molecule has 0 unspecified atom stereocenters. The van der Waals surface area contributed by atoms with E-state index >= 15 is 0 Å². The highest BCUT2D eigenvalue weighted by Crippen LogP contribution is 2.25. The highest BCUT2D eigenvalue weighted by molar-refractivity contribution is 5.95. The average molecular weight is 390 g/mol. The van der Waals surface area contributed by atoms with Crippen molar-refractivity contribution in [3.8, 4) is 11.5 Å². The minimum absolute atomic E-state index is 0.0968. The smallest absolute Gasteiger partial charge is 0.246 e. The van der Waals surface area contributed by atoms with Crippen molar-refractivity contribution >= 4 is 11.6 Å². The molecule has 0 radical (unpaired) electrons. The fourth-order valence-electron chi connectivity index (χ4n) is 3.26. The molecule has 5 nitrogen and oxygen atoms in total. The molecule has 0 aliphatic carbocycles. The van der Waals surface area contributed by atoms with Crippen molar-refractivity contribution in [1.29, 1.82) is 0 Å². The predicted octanol–water partition coefficient (Wildman–Crippen LogP) is 4.52. The van der Waals surface area contributed by atoms with Crippen molar-refractivity contribution in [1.82, 2.24) is 4.90 Å². The highest BCUT2D eigenvalue weighted by Gasteiger charge is 2.25. The van der Waals surface area contributed by atoms with Crippen LogP contribution in [0.2, 0.25) is 0 Å². The molecule has 3 aromatic rings. The van der Waals surface area contributed by atoms with Crippen LogP contribution in [0.3, 0.4) is 0 Å². The van der Waals surface area contributed by atoms with Gasteiger partial charge in [0.25, 0.3) is 0 Å². The Bertz CT molecular complexity index is 926. The Morgan fingerprint density at radius 2 is 1.59 bits per heavy atom. The van der Waals surface area contributed by atoms with E-state index in [1.54, 1.807) is 14.2 Å². The minimum atomic E-state index is -0.440. The van der Waals surface area contributed by atoms with Crippen LogP contribution < -0.4 is 14.8 Å². The van der Waals surface area contributed by atoms with Gasteiger partial charge in [0, 0.05) is 18.3 Å². The average Bonchev–Trinajstić information content (AvgIpc) is 2.75. The number of nitrogens with zero attached hydrogens (tertiary/aromatic N) is 1. The number of hydrogen-bond acceptors (Lipinski definition) is 4. The summed E-state index contributed by atoms with van der Waals surface area (Å²) in [7, 11) is 5.21. The Morgan fingerprint density at radius 3 is 2.24 bits per heavy atom. The van der Waals surface area contributed by atoms with E-state index in [9.17, 15) is 4.79 Å². The topological polar surface area (TPSA) is 50.8 Å². The lowest BCUT2D eigenvalue weighted by molar-refractivity contribution is -0.121. The SMILES string of the molecule is COc1ccc(CN(C)[C@@H](C(=O)Nc2cccc(OC)c2)c2ccccc2)cc1. The maximum atomic E-state index is 13.2. The second kappa shape index (κ2) is 9.75. The van der Waals surface area contributed by atoms with Gasteiger partial charge < -0.3 is 14.8 Å². The number of anilines is 1. The molecule has 0 aliphatic heterocycles. The third-order valence-corrected chi connectivity index (χ3v) is 4.73. The predicted molar refractivity (Wildman–Crippen MR) is 115 cm³/mol. The molecule has 3 rings (SSSR count). The monoisotopic (exact) mass is 390 g/mol. The van der Waals surface area contributed by atoms with Crippen LogP contribution in [-0.4, -0.2) is 32.1 Å². The first-order chi connectivity index (χ1) is 14.1. The van der Waals surface area contributed by atoms with Crippen molar-refractivity contribution in [2.45, 2.75) is 12.6 Å². The van der Waals surface area contributed by atoms with Crippen LogP contribution in [0.25, 0.3) is 0 Å². The molecule has 1 atom stereocenters. The lowest BCUT2D eigenvalue weighted by Crippen LogP contribution is -2.34. The minimum Gasteiger partial charge on any atom is -0.497 e. The Balaban J connectivity index is 1.82. The molecule has 29 heavy (non-hydrogen) atoms. The fraction of sp³-hybridized carbons (Fsp3) is 0.208. The maximum absolute atomic E-state index is 13.2. The van der Waals surface area contributed by atoms with Gasteiger partial charge in [0.2, 0.25) is 5.91 Å². The van der Waals surface area contributed by atoms with Gasteiger partial charge in [0.05, 0.1) is 14.2 Å². The number of carbonyl (C=O) groups excluding carboxylic acids is 1. The Labute approximate surface area is 171 Å². The Kier molecular flexibility index (Phi) is 6.87. The van der Waals surface area contributed by atoms with E-state index in [-0.39, 0.29) is 5.91 Å². The number of amides is 1. The number of nitrogens with one attached hydrogen (secondary N) is 1. The van der Waals surface area contributed by atoms with Crippen LogP contribution in [0.5, 0.6) is 11.5 Å². The molecule has 3 aromatic carbocycles. The van der Waals surface area contributed by atoms with Gasteiger partial charge in [-0.1, -0.05) is 48.5 Å². The summed E-state index contributed by atoms with van der Waals surface area (Å²) >= 11 is 0. The van der Waals surface area contributed by atoms with Crippen LogP contribution >= 0.6 is 0 Å². The van der Waals surface area contributed by atoms with Gasteiger partial charge in [0.1, 0.15) is 17.5 Å². The van der Waals surface area contributed by atoms with Crippen molar-refractivity contribution in [3.63, 3.8) is 0 Å². The Morgan fingerprint density at radius 1 is 0.897 bits per heavy atom. The van der Waals surface area contributed by atoms with Crippen LogP contribution in [0.15, 0.2) is 78.9 Å². The molecule has 1 amide bonds. The van der Waals surface area contributed by atoms with Crippen LogP contribution in [-0.2, 0) is 11.3 Å². The molecular formula is C24H26N2O3. The van der Waals surface area contributed by atoms with E-state index in [1.807, 2.05) is 90.8 Å². The van der Waals surface area contributed by atoms with Crippen molar-refractivity contribution in [2.24, 2.45) is 0 Å². The van der Waals surface area contributed by atoms with Crippen LogP contribution in [0, 0.1) is 0 Å². The second-order valence-electron chi connectivity index (χ2n) is 6.80. The molecule has 0 aromatic heterocycles. The van der Waals surface area contributed by atoms with E-state index in [2.05, 4.69) is 5.32 Å². The lowest BCUT2D eigenvalue weighted by Gasteiger charge is -2.28. The molecule has 0 fully saturated rings. The quantitative estimate of drug-likeness (QED) is 0.615. The summed E-state index contributed by atoms with van der Waals surface area (Å²) in [4.78, 5) is 15.3. The summed E-state index contributed by atoms with van der Waals surface area (Å²) in [5.41, 5.74) is 2.74. The summed E-state index contributed by atoms with van der Waals surface area (Å²) in [5, 5.41) is 3.02. The van der Waals surface area contributed by atoms with E-state index in [0.717, 1.165) is 16.9 Å². The molecule has 0 aliphatic rings. The summed E-state index contributed by atoms with van der Waals surface area (Å²) in [6.45, 7) is 0.620. The maximum Gasteiger partial charge on any atom is 0.246 e. The van der Waals surface area contributed by atoms with Gasteiger partial charge in [-0.15, -0.1) is 0 Å². The van der Waals surface area contributed by atoms with Crippen molar-refractivity contribution in [3.05, 3.63) is 90.0 Å². The first-order valence-electron chi connectivity index (χ1n) is 9.43. The molecule has 0 saturated heterocycles. The zero-order valence-corrected chi connectivity index (χ0v) is 17.0. The van der Waals surface area contributed by atoms with E-state index in [4.69, 9.17) is 9.47 Å². The van der Waals surface area contributed by atoms with Gasteiger partial charge in [0.15, 0.2) is 0 Å². The first kappa shape index (κ1) is 20.4. The highest BCUT2D eigenvalue weighted by atomic mass is 16.5. The van der Waals surface area contributed by atoms with Gasteiger partial charge in [-0.25, -0.2) is 0 Å². The van der Waals surface area contributed by atoms with E-state index in [1.165, 1.54) is 0 Å². The number of carbonyl (C=O) groups is 1. The lowest BCUT2D eigenvalue weighted by atomic mass is 10.0. The number of methoxy groups -OCH3 is 2. The molecule has 5 heteroatoms. The van der Waals surface area contributed by atoms with Crippen molar-refractivity contribution in [2.75, 3.05) is 26.6 Å². The zero-order valence-electron chi connectivity index (χ0n) is 17.0. The summed E-state index contributed by atoms with van der Waals surface area (Å²) in [5.74, 6) is 1.41. The number of rotatable bonds is 8. The van der Waals surface area contributed by atoms with Gasteiger partial charge in [-0.05, 0) is 42.4 Å². The largest absolute Gasteiger partial charge is 0.497 e.